The number of rotatable bonds is 2. The van der Waals surface area contributed by atoms with Gasteiger partial charge in [-0.3, -0.25) is 9.36 Å². The summed E-state index contributed by atoms with van der Waals surface area (Å²) >= 11 is 5.93. The predicted molar refractivity (Wildman–Crippen MR) is 72.9 cm³/mol. The van der Waals surface area contributed by atoms with E-state index in [2.05, 4.69) is 4.98 Å². The Morgan fingerprint density at radius 1 is 1.33 bits per heavy atom. The fraction of sp³-hybridized carbons (Fsp3) is 0.231. The van der Waals surface area contributed by atoms with Crippen molar-refractivity contribution in [1.82, 2.24) is 9.55 Å². The Morgan fingerprint density at radius 2 is 2.06 bits per heavy atom. The zero-order valence-electron chi connectivity index (χ0n) is 10.3. The molecule has 0 aliphatic carbocycles. The minimum atomic E-state index is -0.0839. The molecule has 0 radical (unpaired) electrons. The highest BCUT2D eigenvalue weighted by molar-refractivity contribution is 6.30. The Morgan fingerprint density at radius 3 is 2.72 bits per heavy atom. The smallest absolute Gasteiger partial charge is 0.254 e. The van der Waals surface area contributed by atoms with Crippen LogP contribution in [0.3, 0.4) is 0 Å². The number of anilines is 1. The molecule has 0 amide bonds. The van der Waals surface area contributed by atoms with Crippen LogP contribution in [0.25, 0.3) is 0 Å². The third-order valence-corrected chi connectivity index (χ3v) is 3.00. The van der Waals surface area contributed by atoms with Crippen molar-refractivity contribution in [3.63, 3.8) is 0 Å². The lowest BCUT2D eigenvalue weighted by atomic mass is 10.2. The molecule has 0 aliphatic heterocycles. The standard InChI is InChI=1S/C13H14ClN3O/c1-8-5-13(18)17(9(2)16-8)7-10-6-11(14)3-4-12(10)15/h3-6H,7,15H2,1-2H3. The fourth-order valence-electron chi connectivity index (χ4n) is 1.84. The van der Waals surface area contributed by atoms with Crippen LogP contribution in [0.4, 0.5) is 5.69 Å². The second kappa shape index (κ2) is 4.82. The van der Waals surface area contributed by atoms with E-state index in [4.69, 9.17) is 17.3 Å². The van der Waals surface area contributed by atoms with E-state index >= 15 is 0 Å². The molecule has 4 nitrogen and oxygen atoms in total. The number of aromatic nitrogens is 2. The van der Waals surface area contributed by atoms with Gasteiger partial charge in [-0.1, -0.05) is 11.6 Å². The number of nitrogen functional groups attached to an aromatic ring is 1. The third-order valence-electron chi connectivity index (χ3n) is 2.76. The molecule has 0 aliphatic rings. The van der Waals surface area contributed by atoms with Gasteiger partial charge in [0.25, 0.3) is 5.56 Å². The molecular weight excluding hydrogens is 250 g/mol. The van der Waals surface area contributed by atoms with Gasteiger partial charge in [0.1, 0.15) is 5.82 Å². The lowest BCUT2D eigenvalue weighted by Crippen LogP contribution is -2.24. The van der Waals surface area contributed by atoms with E-state index in [0.717, 1.165) is 5.56 Å². The molecule has 1 aromatic heterocycles. The molecular formula is C13H14ClN3O. The first-order valence-corrected chi connectivity index (χ1v) is 5.94. The minimum Gasteiger partial charge on any atom is -0.398 e. The van der Waals surface area contributed by atoms with Crippen molar-refractivity contribution in [3.8, 4) is 0 Å². The lowest BCUT2D eigenvalue weighted by Gasteiger charge is -2.11. The molecule has 0 bridgehead atoms. The first kappa shape index (κ1) is 12.6. The molecule has 1 heterocycles. The SMILES string of the molecule is Cc1cc(=O)n(Cc2cc(Cl)ccc2N)c(C)n1. The van der Waals surface area contributed by atoms with Crippen LogP contribution in [0.5, 0.6) is 0 Å². The van der Waals surface area contributed by atoms with Crippen LogP contribution >= 0.6 is 11.6 Å². The highest BCUT2D eigenvalue weighted by Crippen LogP contribution is 2.18. The van der Waals surface area contributed by atoms with Gasteiger partial charge in [0, 0.05) is 22.5 Å². The molecule has 0 spiro atoms. The van der Waals surface area contributed by atoms with Gasteiger partial charge < -0.3 is 5.73 Å². The third kappa shape index (κ3) is 2.54. The minimum absolute atomic E-state index is 0.0839. The van der Waals surface area contributed by atoms with Crippen LogP contribution in [0.15, 0.2) is 29.1 Å². The molecule has 94 valence electrons. The number of nitrogens with two attached hydrogens (primary N) is 1. The van der Waals surface area contributed by atoms with Crippen molar-refractivity contribution in [2.45, 2.75) is 20.4 Å². The highest BCUT2D eigenvalue weighted by atomic mass is 35.5. The summed E-state index contributed by atoms with van der Waals surface area (Å²) in [6, 6.07) is 6.74. The summed E-state index contributed by atoms with van der Waals surface area (Å²) in [5.41, 5.74) is 7.94. The van der Waals surface area contributed by atoms with Crippen LogP contribution in [0.2, 0.25) is 5.02 Å². The Kier molecular flexibility index (Phi) is 3.39. The van der Waals surface area contributed by atoms with E-state index in [1.54, 1.807) is 36.6 Å². The maximum atomic E-state index is 11.9. The summed E-state index contributed by atoms with van der Waals surface area (Å²) in [5, 5.41) is 0.602. The second-order valence-corrected chi connectivity index (χ2v) is 4.65. The summed E-state index contributed by atoms with van der Waals surface area (Å²) in [7, 11) is 0. The fourth-order valence-corrected chi connectivity index (χ4v) is 2.03. The van der Waals surface area contributed by atoms with Crippen molar-refractivity contribution >= 4 is 17.3 Å². The molecule has 5 heteroatoms. The molecule has 2 N–H and O–H groups in total. The van der Waals surface area contributed by atoms with E-state index in [9.17, 15) is 4.79 Å². The van der Waals surface area contributed by atoms with Crippen LogP contribution in [0, 0.1) is 13.8 Å². The average molecular weight is 264 g/mol. The van der Waals surface area contributed by atoms with Crippen molar-refractivity contribution in [1.29, 1.82) is 0 Å². The van der Waals surface area contributed by atoms with Crippen LogP contribution in [-0.2, 0) is 6.54 Å². The summed E-state index contributed by atoms with van der Waals surface area (Å²) in [4.78, 5) is 16.2. The summed E-state index contributed by atoms with van der Waals surface area (Å²) in [5.74, 6) is 0.666. The second-order valence-electron chi connectivity index (χ2n) is 4.21. The average Bonchev–Trinajstić information content (AvgIpc) is 2.28. The maximum absolute atomic E-state index is 11.9. The van der Waals surface area contributed by atoms with E-state index in [0.29, 0.717) is 28.8 Å². The Bertz CT molecular complexity index is 649. The quantitative estimate of drug-likeness (QED) is 0.845. The highest BCUT2D eigenvalue weighted by Gasteiger charge is 2.06. The molecule has 2 rings (SSSR count). The van der Waals surface area contributed by atoms with E-state index in [1.165, 1.54) is 6.07 Å². The molecule has 0 atom stereocenters. The van der Waals surface area contributed by atoms with Gasteiger partial charge in [0.05, 0.1) is 6.54 Å². The normalized spacial score (nSPS) is 10.6. The van der Waals surface area contributed by atoms with Gasteiger partial charge in [0.2, 0.25) is 0 Å². The van der Waals surface area contributed by atoms with Crippen LogP contribution in [-0.4, -0.2) is 9.55 Å². The van der Waals surface area contributed by atoms with Gasteiger partial charge in [-0.25, -0.2) is 4.98 Å². The zero-order chi connectivity index (χ0) is 13.3. The Balaban J connectivity index is 2.46. The molecule has 0 unspecified atom stereocenters. The van der Waals surface area contributed by atoms with Crippen LogP contribution in [0.1, 0.15) is 17.1 Å². The first-order chi connectivity index (χ1) is 8.47. The predicted octanol–water partition coefficient (Wildman–Crippen LogP) is 2.14. The number of halogens is 1. The molecule has 0 fully saturated rings. The van der Waals surface area contributed by atoms with Crippen molar-refractivity contribution in [3.05, 3.63) is 56.7 Å². The van der Waals surface area contributed by atoms with Crippen molar-refractivity contribution < 1.29 is 0 Å². The summed E-state index contributed by atoms with van der Waals surface area (Å²) in [6.07, 6.45) is 0. The Labute approximate surface area is 110 Å². The number of nitrogens with zero attached hydrogens (tertiary/aromatic N) is 2. The van der Waals surface area contributed by atoms with Gasteiger partial charge in [-0.05, 0) is 37.6 Å². The monoisotopic (exact) mass is 263 g/mol. The first-order valence-electron chi connectivity index (χ1n) is 5.56. The molecule has 1 aromatic carbocycles. The molecule has 0 saturated carbocycles. The Hall–Kier alpha value is -1.81. The summed E-state index contributed by atoms with van der Waals surface area (Å²) < 4.78 is 1.58. The molecule has 2 aromatic rings. The van der Waals surface area contributed by atoms with E-state index in [-0.39, 0.29) is 5.56 Å². The topological polar surface area (TPSA) is 60.9 Å². The van der Waals surface area contributed by atoms with E-state index in [1.807, 2.05) is 0 Å². The number of hydrogen-bond donors (Lipinski definition) is 1. The van der Waals surface area contributed by atoms with Gasteiger partial charge >= 0.3 is 0 Å². The lowest BCUT2D eigenvalue weighted by molar-refractivity contribution is 0.695. The molecule has 18 heavy (non-hydrogen) atoms. The zero-order valence-corrected chi connectivity index (χ0v) is 11.0. The van der Waals surface area contributed by atoms with Gasteiger partial charge in [-0.15, -0.1) is 0 Å². The van der Waals surface area contributed by atoms with Gasteiger partial charge in [0.15, 0.2) is 0 Å². The van der Waals surface area contributed by atoms with Gasteiger partial charge in [-0.2, -0.15) is 0 Å². The molecule has 0 saturated heterocycles. The van der Waals surface area contributed by atoms with E-state index < -0.39 is 0 Å². The number of hydrogen-bond acceptors (Lipinski definition) is 3. The largest absolute Gasteiger partial charge is 0.398 e. The summed E-state index contributed by atoms with van der Waals surface area (Å²) in [6.45, 7) is 3.98. The number of benzene rings is 1. The maximum Gasteiger partial charge on any atom is 0.254 e. The van der Waals surface area contributed by atoms with Crippen molar-refractivity contribution in [2.24, 2.45) is 0 Å². The number of aryl methyl sites for hydroxylation is 2. The van der Waals surface area contributed by atoms with Crippen molar-refractivity contribution in [2.75, 3.05) is 5.73 Å². The van der Waals surface area contributed by atoms with Crippen LogP contribution < -0.4 is 11.3 Å².